The van der Waals surface area contributed by atoms with E-state index in [4.69, 9.17) is 9.47 Å². The summed E-state index contributed by atoms with van der Waals surface area (Å²) in [6.45, 7) is 4.93. The lowest BCUT2D eigenvalue weighted by Gasteiger charge is -2.12. The first kappa shape index (κ1) is 14.1. The average molecular weight is 270 g/mol. The van der Waals surface area contributed by atoms with Gasteiger partial charge in [-0.05, 0) is 43.2 Å². The third-order valence-electron chi connectivity index (χ3n) is 3.20. The highest BCUT2D eigenvalue weighted by Crippen LogP contribution is 2.20. The Labute approximate surface area is 119 Å². The van der Waals surface area contributed by atoms with Crippen LogP contribution in [0.3, 0.4) is 0 Å². The number of carbonyl (C=O) groups excluding carboxylic acids is 1. The van der Waals surface area contributed by atoms with E-state index >= 15 is 0 Å². The molecule has 104 valence electrons. The summed E-state index contributed by atoms with van der Waals surface area (Å²) in [5, 5.41) is 0. The third-order valence-corrected chi connectivity index (χ3v) is 3.20. The SMILES string of the molecule is Cc1cccc(OCCOc2ccccc2C=O)c1C. The maximum absolute atomic E-state index is 10.9. The predicted molar refractivity (Wildman–Crippen MR) is 78.7 cm³/mol. The molecule has 0 aromatic heterocycles. The number of carbonyl (C=O) groups is 1. The van der Waals surface area contributed by atoms with Crippen molar-refractivity contribution in [2.45, 2.75) is 13.8 Å². The van der Waals surface area contributed by atoms with Crippen molar-refractivity contribution in [3.63, 3.8) is 0 Å². The molecule has 0 radical (unpaired) electrons. The lowest BCUT2D eigenvalue weighted by molar-refractivity contribution is 0.111. The van der Waals surface area contributed by atoms with Crippen LogP contribution in [0.1, 0.15) is 21.5 Å². The van der Waals surface area contributed by atoms with Gasteiger partial charge < -0.3 is 9.47 Å². The third kappa shape index (κ3) is 3.38. The lowest BCUT2D eigenvalue weighted by atomic mass is 10.1. The molecule has 2 aromatic rings. The second-order valence-electron chi connectivity index (χ2n) is 4.55. The van der Waals surface area contributed by atoms with Gasteiger partial charge in [0.2, 0.25) is 0 Å². The Hall–Kier alpha value is -2.29. The number of rotatable bonds is 6. The molecule has 0 unspecified atom stereocenters. The van der Waals surface area contributed by atoms with Gasteiger partial charge >= 0.3 is 0 Å². The molecule has 0 saturated heterocycles. The van der Waals surface area contributed by atoms with Gasteiger partial charge in [0.05, 0.1) is 5.56 Å². The highest BCUT2D eigenvalue weighted by Gasteiger charge is 2.03. The molecule has 0 amide bonds. The number of para-hydroxylation sites is 1. The predicted octanol–water partition coefficient (Wildman–Crippen LogP) is 3.57. The van der Waals surface area contributed by atoms with Crippen LogP contribution in [-0.4, -0.2) is 19.5 Å². The van der Waals surface area contributed by atoms with Crippen molar-refractivity contribution >= 4 is 6.29 Å². The molecular formula is C17H18O3. The van der Waals surface area contributed by atoms with E-state index in [2.05, 4.69) is 13.0 Å². The molecule has 3 heteroatoms. The molecule has 2 aromatic carbocycles. The summed E-state index contributed by atoms with van der Waals surface area (Å²) in [7, 11) is 0. The van der Waals surface area contributed by atoms with E-state index in [0.29, 0.717) is 24.5 Å². The van der Waals surface area contributed by atoms with Gasteiger partial charge in [0.25, 0.3) is 0 Å². The zero-order valence-electron chi connectivity index (χ0n) is 11.8. The number of benzene rings is 2. The van der Waals surface area contributed by atoms with Crippen molar-refractivity contribution in [1.82, 2.24) is 0 Å². The number of hydrogen-bond donors (Lipinski definition) is 0. The smallest absolute Gasteiger partial charge is 0.153 e. The van der Waals surface area contributed by atoms with Crippen molar-refractivity contribution in [3.8, 4) is 11.5 Å². The van der Waals surface area contributed by atoms with Crippen LogP contribution in [-0.2, 0) is 0 Å². The fraction of sp³-hybridized carbons (Fsp3) is 0.235. The minimum Gasteiger partial charge on any atom is -0.490 e. The van der Waals surface area contributed by atoms with Gasteiger partial charge in [-0.25, -0.2) is 0 Å². The van der Waals surface area contributed by atoms with E-state index in [0.717, 1.165) is 17.6 Å². The fourth-order valence-electron chi connectivity index (χ4n) is 1.89. The molecule has 0 bridgehead atoms. The maximum atomic E-state index is 10.9. The number of aryl methyl sites for hydroxylation is 1. The molecule has 0 heterocycles. The molecule has 0 saturated carbocycles. The zero-order valence-corrected chi connectivity index (χ0v) is 11.8. The standard InChI is InChI=1S/C17H18O3/c1-13-6-5-9-16(14(13)2)19-10-11-20-17-8-4-3-7-15(17)12-18/h3-9,12H,10-11H2,1-2H3. The first-order valence-corrected chi connectivity index (χ1v) is 6.58. The summed E-state index contributed by atoms with van der Waals surface area (Å²) < 4.78 is 11.3. The van der Waals surface area contributed by atoms with Gasteiger partial charge in [-0.15, -0.1) is 0 Å². The summed E-state index contributed by atoms with van der Waals surface area (Å²) in [5.41, 5.74) is 2.90. The van der Waals surface area contributed by atoms with Crippen molar-refractivity contribution in [1.29, 1.82) is 0 Å². The molecule has 0 N–H and O–H groups in total. The Morgan fingerprint density at radius 2 is 1.55 bits per heavy atom. The topological polar surface area (TPSA) is 35.5 Å². The Bertz CT molecular complexity index is 591. The summed E-state index contributed by atoms with van der Waals surface area (Å²) >= 11 is 0. The van der Waals surface area contributed by atoms with Crippen LogP contribution in [0, 0.1) is 13.8 Å². The second kappa shape index (κ2) is 6.75. The van der Waals surface area contributed by atoms with Crippen molar-refractivity contribution in [3.05, 3.63) is 59.2 Å². The molecule has 0 aliphatic rings. The molecule has 0 aliphatic heterocycles. The van der Waals surface area contributed by atoms with E-state index in [1.807, 2.05) is 31.2 Å². The first-order valence-electron chi connectivity index (χ1n) is 6.58. The van der Waals surface area contributed by atoms with Crippen molar-refractivity contribution in [2.24, 2.45) is 0 Å². The summed E-state index contributed by atoms with van der Waals surface area (Å²) in [5.74, 6) is 1.46. The number of ether oxygens (including phenoxy) is 2. The maximum Gasteiger partial charge on any atom is 0.153 e. The van der Waals surface area contributed by atoms with E-state index in [1.54, 1.807) is 12.1 Å². The number of hydrogen-bond acceptors (Lipinski definition) is 3. The van der Waals surface area contributed by atoms with Crippen LogP contribution in [0.5, 0.6) is 11.5 Å². The van der Waals surface area contributed by atoms with Crippen LogP contribution >= 0.6 is 0 Å². The molecule has 3 nitrogen and oxygen atoms in total. The van der Waals surface area contributed by atoms with E-state index < -0.39 is 0 Å². The van der Waals surface area contributed by atoms with Gasteiger partial charge in [0.15, 0.2) is 6.29 Å². The monoisotopic (exact) mass is 270 g/mol. The van der Waals surface area contributed by atoms with E-state index in [1.165, 1.54) is 5.56 Å². The fourth-order valence-corrected chi connectivity index (χ4v) is 1.89. The zero-order chi connectivity index (χ0) is 14.4. The minimum absolute atomic E-state index is 0.401. The van der Waals surface area contributed by atoms with E-state index in [-0.39, 0.29) is 0 Å². The van der Waals surface area contributed by atoms with Crippen LogP contribution in [0.4, 0.5) is 0 Å². The van der Waals surface area contributed by atoms with Crippen molar-refractivity contribution in [2.75, 3.05) is 13.2 Å². The van der Waals surface area contributed by atoms with Gasteiger partial charge in [-0.2, -0.15) is 0 Å². The Morgan fingerprint density at radius 3 is 2.30 bits per heavy atom. The summed E-state index contributed by atoms with van der Waals surface area (Å²) in [6, 6.07) is 13.1. The molecule has 0 atom stereocenters. The van der Waals surface area contributed by atoms with Gasteiger partial charge in [-0.3, -0.25) is 4.79 Å². The summed E-state index contributed by atoms with van der Waals surface area (Å²) in [6.07, 6.45) is 0.793. The average Bonchev–Trinajstić information content (AvgIpc) is 2.48. The van der Waals surface area contributed by atoms with Crippen LogP contribution in [0.25, 0.3) is 0 Å². The molecule has 2 rings (SSSR count). The van der Waals surface area contributed by atoms with Crippen molar-refractivity contribution < 1.29 is 14.3 Å². The molecular weight excluding hydrogens is 252 g/mol. The van der Waals surface area contributed by atoms with Gasteiger partial charge in [0, 0.05) is 0 Å². The highest BCUT2D eigenvalue weighted by molar-refractivity contribution is 5.79. The van der Waals surface area contributed by atoms with Crippen LogP contribution in [0.2, 0.25) is 0 Å². The second-order valence-corrected chi connectivity index (χ2v) is 4.55. The highest BCUT2D eigenvalue weighted by atomic mass is 16.5. The normalized spacial score (nSPS) is 10.1. The largest absolute Gasteiger partial charge is 0.490 e. The van der Waals surface area contributed by atoms with E-state index in [9.17, 15) is 4.79 Å². The van der Waals surface area contributed by atoms with Gasteiger partial charge in [-0.1, -0.05) is 24.3 Å². The van der Waals surface area contributed by atoms with Gasteiger partial charge in [0.1, 0.15) is 24.7 Å². The van der Waals surface area contributed by atoms with Crippen LogP contribution < -0.4 is 9.47 Å². The Kier molecular flexibility index (Phi) is 4.77. The molecule has 0 spiro atoms. The first-order chi connectivity index (χ1) is 9.72. The summed E-state index contributed by atoms with van der Waals surface area (Å²) in [4.78, 5) is 10.9. The molecule has 20 heavy (non-hydrogen) atoms. The van der Waals surface area contributed by atoms with Crippen LogP contribution in [0.15, 0.2) is 42.5 Å². The number of aldehydes is 1. The quantitative estimate of drug-likeness (QED) is 0.594. The Morgan fingerprint density at radius 1 is 0.900 bits per heavy atom. The molecule has 0 fully saturated rings. The molecule has 0 aliphatic carbocycles. The lowest BCUT2D eigenvalue weighted by Crippen LogP contribution is -2.10. The Balaban J connectivity index is 1.88. The minimum atomic E-state index is 0.401.